The number of aryl methyl sites for hydroxylation is 1. The quantitative estimate of drug-likeness (QED) is 0.693. The molecule has 1 aromatic heterocycles. The normalized spacial score (nSPS) is 10.4. The molecule has 4 heteroatoms. The summed E-state index contributed by atoms with van der Waals surface area (Å²) in [4.78, 5) is 5.84. The third-order valence-corrected chi connectivity index (χ3v) is 2.28. The van der Waals surface area contributed by atoms with E-state index in [4.69, 9.17) is 12.2 Å². The number of imidazole rings is 1. The van der Waals surface area contributed by atoms with Gasteiger partial charge < -0.3 is 9.97 Å². The average molecular weight is 208 g/mol. The van der Waals surface area contributed by atoms with E-state index < -0.39 is 0 Å². The van der Waals surface area contributed by atoms with E-state index in [1.807, 2.05) is 0 Å². The number of hydrogen-bond acceptors (Lipinski definition) is 1. The van der Waals surface area contributed by atoms with Crippen LogP contribution in [0.25, 0.3) is 11.3 Å². The molecular weight excluding hydrogens is 199 g/mol. The fourth-order valence-electron chi connectivity index (χ4n) is 1.30. The Balaban J connectivity index is 2.52. The molecule has 0 aliphatic carbocycles. The first kappa shape index (κ1) is 9.15. The van der Waals surface area contributed by atoms with Gasteiger partial charge in [0.25, 0.3) is 0 Å². The lowest BCUT2D eigenvalue weighted by Gasteiger charge is -2.00. The molecule has 2 N–H and O–H groups in total. The van der Waals surface area contributed by atoms with Gasteiger partial charge >= 0.3 is 0 Å². The summed E-state index contributed by atoms with van der Waals surface area (Å²) in [5.41, 5.74) is 2.43. The maximum absolute atomic E-state index is 13.0. The van der Waals surface area contributed by atoms with Crippen LogP contribution in [0.15, 0.2) is 24.4 Å². The van der Waals surface area contributed by atoms with Crippen molar-refractivity contribution in [2.45, 2.75) is 6.92 Å². The minimum Gasteiger partial charge on any atom is -0.337 e. The van der Waals surface area contributed by atoms with Gasteiger partial charge in [-0.3, -0.25) is 0 Å². The number of aromatic amines is 2. The van der Waals surface area contributed by atoms with Gasteiger partial charge in [0.2, 0.25) is 0 Å². The maximum Gasteiger partial charge on any atom is 0.174 e. The second-order valence-electron chi connectivity index (χ2n) is 3.12. The van der Waals surface area contributed by atoms with Crippen molar-refractivity contribution in [3.8, 4) is 11.3 Å². The summed E-state index contributed by atoms with van der Waals surface area (Å²) in [7, 11) is 0. The molecule has 0 saturated carbocycles. The Labute approximate surface area is 85.8 Å². The largest absolute Gasteiger partial charge is 0.337 e. The molecule has 0 atom stereocenters. The van der Waals surface area contributed by atoms with Crippen molar-refractivity contribution >= 4 is 12.2 Å². The molecule has 72 valence electrons. The first-order chi connectivity index (χ1) is 6.66. The topological polar surface area (TPSA) is 31.6 Å². The van der Waals surface area contributed by atoms with Crippen molar-refractivity contribution in [2.24, 2.45) is 0 Å². The van der Waals surface area contributed by atoms with Crippen LogP contribution in [0.1, 0.15) is 5.56 Å². The molecule has 0 aliphatic rings. The number of H-pyrrole nitrogens is 2. The molecule has 2 nitrogen and oxygen atoms in total. The molecule has 0 amide bonds. The van der Waals surface area contributed by atoms with Gasteiger partial charge in [-0.25, -0.2) is 4.39 Å². The van der Waals surface area contributed by atoms with Gasteiger partial charge in [-0.2, -0.15) is 0 Å². The number of hydrogen-bond donors (Lipinski definition) is 2. The first-order valence-electron chi connectivity index (χ1n) is 4.21. The lowest BCUT2D eigenvalue weighted by molar-refractivity contribution is 0.619. The minimum atomic E-state index is -0.192. The zero-order valence-corrected chi connectivity index (χ0v) is 8.41. The van der Waals surface area contributed by atoms with Gasteiger partial charge in [0.1, 0.15) is 5.82 Å². The van der Waals surface area contributed by atoms with Gasteiger partial charge in [0.15, 0.2) is 4.77 Å². The molecular formula is C10H9FN2S. The molecule has 0 radical (unpaired) electrons. The van der Waals surface area contributed by atoms with Crippen LogP contribution in [0.2, 0.25) is 0 Å². The zero-order valence-electron chi connectivity index (χ0n) is 7.60. The Morgan fingerprint density at radius 3 is 2.71 bits per heavy atom. The summed E-state index contributed by atoms with van der Waals surface area (Å²) >= 11 is 4.91. The summed E-state index contributed by atoms with van der Waals surface area (Å²) in [6.45, 7) is 1.74. The molecule has 2 aromatic rings. The van der Waals surface area contributed by atoms with Crippen molar-refractivity contribution < 1.29 is 4.39 Å². The Kier molecular flexibility index (Phi) is 2.21. The summed E-state index contributed by atoms with van der Waals surface area (Å²) in [5, 5.41) is 0. The van der Waals surface area contributed by atoms with E-state index >= 15 is 0 Å². The Hall–Kier alpha value is -1.42. The lowest BCUT2D eigenvalue weighted by Crippen LogP contribution is -1.84. The Morgan fingerprint density at radius 1 is 1.36 bits per heavy atom. The average Bonchev–Trinajstić information content (AvgIpc) is 2.57. The van der Waals surface area contributed by atoms with E-state index in [-0.39, 0.29) is 5.82 Å². The lowest BCUT2D eigenvalue weighted by atomic mass is 10.1. The fourth-order valence-corrected chi connectivity index (χ4v) is 1.47. The van der Waals surface area contributed by atoms with Crippen LogP contribution in [0, 0.1) is 17.5 Å². The maximum atomic E-state index is 13.0. The number of nitrogens with one attached hydrogen (secondary N) is 2. The molecule has 14 heavy (non-hydrogen) atoms. The molecule has 0 spiro atoms. The third-order valence-electron chi connectivity index (χ3n) is 2.06. The van der Waals surface area contributed by atoms with Crippen molar-refractivity contribution in [1.82, 2.24) is 9.97 Å². The fraction of sp³-hybridized carbons (Fsp3) is 0.100. The number of benzene rings is 1. The van der Waals surface area contributed by atoms with Crippen molar-refractivity contribution in [3.63, 3.8) is 0 Å². The van der Waals surface area contributed by atoms with Crippen LogP contribution in [-0.2, 0) is 0 Å². The van der Waals surface area contributed by atoms with Crippen molar-refractivity contribution in [3.05, 3.63) is 40.5 Å². The number of rotatable bonds is 1. The van der Waals surface area contributed by atoms with Crippen molar-refractivity contribution in [1.29, 1.82) is 0 Å². The van der Waals surface area contributed by atoms with Crippen LogP contribution >= 0.6 is 12.2 Å². The molecule has 0 fully saturated rings. The molecule has 2 rings (SSSR count). The first-order valence-corrected chi connectivity index (χ1v) is 4.62. The van der Waals surface area contributed by atoms with Gasteiger partial charge in [-0.1, -0.05) is 0 Å². The summed E-state index contributed by atoms with van der Waals surface area (Å²) in [5.74, 6) is -0.192. The summed E-state index contributed by atoms with van der Waals surface area (Å²) in [6, 6.07) is 4.95. The predicted molar refractivity (Wildman–Crippen MR) is 56.1 cm³/mol. The SMILES string of the molecule is Cc1cc(-c2c[nH]c(=S)[nH]2)ccc1F. The third kappa shape index (κ3) is 1.61. The van der Waals surface area contributed by atoms with E-state index in [9.17, 15) is 4.39 Å². The molecule has 0 aliphatic heterocycles. The van der Waals surface area contributed by atoms with Crippen molar-refractivity contribution in [2.75, 3.05) is 0 Å². The van der Waals surface area contributed by atoms with E-state index in [0.29, 0.717) is 10.3 Å². The highest BCUT2D eigenvalue weighted by Crippen LogP contribution is 2.19. The monoisotopic (exact) mass is 208 g/mol. The molecule has 1 aromatic carbocycles. The van der Waals surface area contributed by atoms with Gasteiger partial charge in [0, 0.05) is 6.20 Å². The highest BCUT2D eigenvalue weighted by atomic mass is 32.1. The van der Waals surface area contributed by atoms with E-state index in [1.165, 1.54) is 6.07 Å². The highest BCUT2D eigenvalue weighted by Gasteiger charge is 2.02. The van der Waals surface area contributed by atoms with Crippen LogP contribution in [0.4, 0.5) is 4.39 Å². The van der Waals surface area contributed by atoms with E-state index in [2.05, 4.69) is 9.97 Å². The highest BCUT2D eigenvalue weighted by molar-refractivity contribution is 7.71. The summed E-state index contributed by atoms with van der Waals surface area (Å²) in [6.07, 6.45) is 1.77. The van der Waals surface area contributed by atoms with Crippen LogP contribution in [-0.4, -0.2) is 9.97 Å². The smallest absolute Gasteiger partial charge is 0.174 e. The Morgan fingerprint density at radius 2 is 2.14 bits per heavy atom. The minimum absolute atomic E-state index is 0.192. The van der Waals surface area contributed by atoms with Crippen LogP contribution in [0.5, 0.6) is 0 Å². The van der Waals surface area contributed by atoms with Gasteiger partial charge in [0.05, 0.1) is 5.69 Å². The predicted octanol–water partition coefficient (Wildman–Crippen LogP) is 3.19. The van der Waals surface area contributed by atoms with E-state index in [0.717, 1.165) is 11.3 Å². The number of halogens is 1. The van der Waals surface area contributed by atoms with Gasteiger partial charge in [-0.05, 0) is 48.5 Å². The van der Waals surface area contributed by atoms with Crippen LogP contribution < -0.4 is 0 Å². The van der Waals surface area contributed by atoms with Gasteiger partial charge in [-0.15, -0.1) is 0 Å². The summed E-state index contributed by atoms with van der Waals surface area (Å²) < 4.78 is 13.6. The molecule has 1 heterocycles. The Bertz CT molecular complexity index is 513. The standard InChI is InChI=1S/C10H9FN2S/c1-6-4-7(2-3-8(6)11)9-5-12-10(14)13-9/h2-5H,1H3,(H2,12,13,14). The number of aromatic nitrogens is 2. The molecule has 0 bridgehead atoms. The second-order valence-corrected chi connectivity index (χ2v) is 3.53. The van der Waals surface area contributed by atoms with E-state index in [1.54, 1.807) is 25.3 Å². The van der Waals surface area contributed by atoms with Crippen LogP contribution in [0.3, 0.4) is 0 Å². The second kappa shape index (κ2) is 3.38. The zero-order chi connectivity index (χ0) is 10.1. The molecule has 0 saturated heterocycles. The molecule has 0 unspecified atom stereocenters.